The van der Waals surface area contributed by atoms with Gasteiger partial charge in [-0.15, -0.1) is 11.3 Å². The number of carbonyl (C=O) groups excluding carboxylic acids is 1. The number of unbranched alkanes of at least 4 members (excludes halogenated alkanes) is 2. The molecule has 1 aromatic heterocycles. The van der Waals surface area contributed by atoms with E-state index in [0.717, 1.165) is 41.1 Å². The lowest BCUT2D eigenvalue weighted by molar-refractivity contribution is -0.129. The van der Waals surface area contributed by atoms with E-state index in [9.17, 15) is 4.79 Å². The van der Waals surface area contributed by atoms with Crippen molar-refractivity contribution >= 4 is 27.5 Å². The molecule has 0 aliphatic carbocycles. The van der Waals surface area contributed by atoms with Gasteiger partial charge in [0, 0.05) is 12.0 Å². The molecule has 3 aromatic rings. The Labute approximate surface area is 150 Å². The van der Waals surface area contributed by atoms with E-state index in [1.54, 1.807) is 16.8 Å². The van der Waals surface area contributed by atoms with E-state index in [2.05, 4.69) is 11.1 Å². The number of fused-ring (bicyclic) bond motifs is 1. The lowest BCUT2D eigenvalue weighted by Gasteiger charge is -2.06. The molecule has 0 saturated heterocycles. The first-order valence-corrected chi connectivity index (χ1v) is 9.09. The molecule has 2 aromatic carbocycles. The van der Waals surface area contributed by atoms with Gasteiger partial charge in [0.05, 0.1) is 16.8 Å². The molecule has 1 amide bonds. The maximum Gasteiger partial charge on any atom is 0.243 e. The average molecular weight is 356 g/mol. The summed E-state index contributed by atoms with van der Waals surface area (Å²) >= 11 is 1.68. The second kappa shape index (κ2) is 8.60. The van der Waals surface area contributed by atoms with Gasteiger partial charge in [-0.1, -0.05) is 12.1 Å². The number of ether oxygens (including phenoxy) is 1. The van der Waals surface area contributed by atoms with Crippen LogP contribution in [0.3, 0.4) is 0 Å². The highest BCUT2D eigenvalue weighted by molar-refractivity contribution is 7.21. The molecule has 0 spiro atoms. The largest absolute Gasteiger partial charge is 0.494 e. The Hall–Kier alpha value is -2.44. The summed E-state index contributed by atoms with van der Waals surface area (Å²) in [5.41, 5.74) is 3.75. The summed E-state index contributed by atoms with van der Waals surface area (Å²) in [6, 6.07) is 16.1. The van der Waals surface area contributed by atoms with Crippen LogP contribution in [0.2, 0.25) is 0 Å². The van der Waals surface area contributed by atoms with Gasteiger partial charge in [-0.05, 0) is 55.7 Å². The van der Waals surface area contributed by atoms with Gasteiger partial charge < -0.3 is 4.74 Å². The number of hydrogen-bond donors (Lipinski definition) is 2. The van der Waals surface area contributed by atoms with Crippen LogP contribution < -0.4 is 10.2 Å². The molecule has 0 aliphatic heterocycles. The van der Waals surface area contributed by atoms with Crippen LogP contribution in [0, 0.1) is 0 Å². The number of para-hydroxylation sites is 1. The first-order valence-electron chi connectivity index (χ1n) is 8.28. The summed E-state index contributed by atoms with van der Waals surface area (Å²) in [6.07, 6.45) is 2.84. The molecule has 2 N–H and O–H groups in total. The fourth-order valence-corrected chi connectivity index (χ4v) is 3.47. The van der Waals surface area contributed by atoms with Crippen LogP contribution in [-0.2, 0) is 4.79 Å². The quantitative estimate of drug-likeness (QED) is 0.356. The fraction of sp³-hybridized carbons (Fsp3) is 0.263. The van der Waals surface area contributed by atoms with E-state index in [-0.39, 0.29) is 5.91 Å². The molecule has 0 atom stereocenters. The lowest BCUT2D eigenvalue weighted by Crippen LogP contribution is -2.17. The number of benzene rings is 2. The minimum atomic E-state index is -0.341. The van der Waals surface area contributed by atoms with E-state index < -0.39 is 0 Å². The molecule has 0 saturated carbocycles. The van der Waals surface area contributed by atoms with Gasteiger partial charge in [0.1, 0.15) is 10.8 Å². The molecule has 25 heavy (non-hydrogen) atoms. The molecule has 1 heterocycles. The van der Waals surface area contributed by atoms with Crippen molar-refractivity contribution in [3.05, 3.63) is 48.5 Å². The topological polar surface area (TPSA) is 71.5 Å². The monoisotopic (exact) mass is 356 g/mol. The molecule has 0 bridgehead atoms. The van der Waals surface area contributed by atoms with Crippen molar-refractivity contribution in [2.24, 2.45) is 0 Å². The van der Waals surface area contributed by atoms with Crippen molar-refractivity contribution in [3.63, 3.8) is 0 Å². The summed E-state index contributed by atoms with van der Waals surface area (Å²) < 4.78 is 6.91. The van der Waals surface area contributed by atoms with Gasteiger partial charge in [0.2, 0.25) is 5.91 Å². The van der Waals surface area contributed by atoms with Gasteiger partial charge in [0.15, 0.2) is 0 Å². The Morgan fingerprint density at radius 3 is 2.64 bits per heavy atom. The highest BCUT2D eigenvalue weighted by Crippen LogP contribution is 2.30. The lowest BCUT2D eigenvalue weighted by atomic mass is 10.2. The number of nitrogens with one attached hydrogen (secondary N) is 1. The summed E-state index contributed by atoms with van der Waals surface area (Å²) in [6.45, 7) is 0.612. The maximum atomic E-state index is 10.9. The summed E-state index contributed by atoms with van der Waals surface area (Å²) in [4.78, 5) is 15.5. The number of carbonyl (C=O) groups is 1. The SMILES string of the molecule is O=C(CCCCCOc1ccc(-c2nc3ccccc3s2)cc1)NO. The van der Waals surface area contributed by atoms with Gasteiger partial charge in [0.25, 0.3) is 0 Å². The van der Waals surface area contributed by atoms with E-state index in [0.29, 0.717) is 13.0 Å². The molecule has 0 radical (unpaired) electrons. The third kappa shape index (κ3) is 4.78. The second-order valence-electron chi connectivity index (χ2n) is 5.71. The zero-order valence-corrected chi connectivity index (χ0v) is 14.6. The third-order valence-electron chi connectivity index (χ3n) is 3.84. The van der Waals surface area contributed by atoms with E-state index in [1.807, 2.05) is 42.5 Å². The van der Waals surface area contributed by atoms with Crippen molar-refractivity contribution in [1.82, 2.24) is 10.5 Å². The van der Waals surface area contributed by atoms with Crippen LogP contribution in [0.4, 0.5) is 0 Å². The predicted octanol–water partition coefficient (Wildman–Crippen LogP) is 4.41. The Kier molecular flexibility index (Phi) is 5.98. The highest BCUT2D eigenvalue weighted by Gasteiger charge is 2.06. The molecular weight excluding hydrogens is 336 g/mol. The van der Waals surface area contributed by atoms with Crippen molar-refractivity contribution in [1.29, 1.82) is 0 Å². The van der Waals surface area contributed by atoms with Gasteiger partial charge >= 0.3 is 0 Å². The number of thiazole rings is 1. The minimum absolute atomic E-state index is 0.341. The van der Waals surface area contributed by atoms with Crippen molar-refractivity contribution in [3.8, 4) is 16.3 Å². The number of hydroxylamine groups is 1. The first-order chi connectivity index (χ1) is 12.3. The molecule has 0 fully saturated rings. The standard InChI is InChI=1S/C19H20N2O3S/c22-18(21-23)8-2-1-5-13-24-15-11-9-14(10-12-15)19-20-16-6-3-4-7-17(16)25-19/h3-4,6-7,9-12,23H,1-2,5,8,13H2,(H,21,22). The van der Waals surface area contributed by atoms with Crippen LogP contribution in [0.1, 0.15) is 25.7 Å². The number of aromatic nitrogens is 1. The van der Waals surface area contributed by atoms with Crippen LogP contribution in [-0.4, -0.2) is 22.7 Å². The molecular formula is C19H20N2O3S. The Morgan fingerprint density at radius 1 is 1.08 bits per heavy atom. The van der Waals surface area contributed by atoms with E-state index in [1.165, 1.54) is 4.70 Å². The number of rotatable bonds is 8. The Balaban J connectivity index is 1.48. The number of amides is 1. The Morgan fingerprint density at radius 2 is 1.88 bits per heavy atom. The molecule has 130 valence electrons. The predicted molar refractivity (Wildman–Crippen MR) is 98.9 cm³/mol. The normalized spacial score (nSPS) is 10.8. The van der Waals surface area contributed by atoms with Gasteiger partial charge in [-0.25, -0.2) is 10.5 Å². The second-order valence-corrected chi connectivity index (χ2v) is 6.74. The summed E-state index contributed by atoms with van der Waals surface area (Å²) in [7, 11) is 0. The summed E-state index contributed by atoms with van der Waals surface area (Å²) in [5.74, 6) is 0.490. The van der Waals surface area contributed by atoms with Crippen molar-refractivity contribution < 1.29 is 14.7 Å². The smallest absolute Gasteiger partial charge is 0.243 e. The van der Waals surface area contributed by atoms with Gasteiger partial charge in [-0.3, -0.25) is 10.0 Å². The first kappa shape index (κ1) is 17.4. The zero-order valence-electron chi connectivity index (χ0n) is 13.8. The molecule has 5 nitrogen and oxygen atoms in total. The van der Waals surface area contributed by atoms with Crippen LogP contribution in [0.15, 0.2) is 48.5 Å². The van der Waals surface area contributed by atoms with E-state index in [4.69, 9.17) is 9.94 Å². The van der Waals surface area contributed by atoms with Crippen LogP contribution in [0.25, 0.3) is 20.8 Å². The Bertz CT molecular complexity index is 797. The number of nitrogens with zero attached hydrogens (tertiary/aromatic N) is 1. The van der Waals surface area contributed by atoms with Crippen LogP contribution in [0.5, 0.6) is 5.75 Å². The van der Waals surface area contributed by atoms with Gasteiger partial charge in [-0.2, -0.15) is 0 Å². The van der Waals surface area contributed by atoms with Crippen LogP contribution >= 0.6 is 11.3 Å². The molecule has 0 aliphatic rings. The molecule has 0 unspecified atom stereocenters. The summed E-state index contributed by atoms with van der Waals surface area (Å²) in [5, 5.41) is 9.41. The zero-order chi connectivity index (χ0) is 17.5. The van der Waals surface area contributed by atoms with Crippen molar-refractivity contribution in [2.75, 3.05) is 6.61 Å². The van der Waals surface area contributed by atoms with E-state index >= 15 is 0 Å². The third-order valence-corrected chi connectivity index (χ3v) is 4.92. The van der Waals surface area contributed by atoms with Crippen molar-refractivity contribution in [2.45, 2.75) is 25.7 Å². The molecule has 6 heteroatoms. The average Bonchev–Trinajstić information content (AvgIpc) is 3.09. The maximum absolute atomic E-state index is 10.9. The highest BCUT2D eigenvalue weighted by atomic mass is 32.1. The minimum Gasteiger partial charge on any atom is -0.494 e. The molecule has 3 rings (SSSR count). The fourth-order valence-electron chi connectivity index (χ4n) is 2.50. The number of hydrogen-bond acceptors (Lipinski definition) is 5.